The summed E-state index contributed by atoms with van der Waals surface area (Å²) in [6, 6.07) is 12.3. The summed E-state index contributed by atoms with van der Waals surface area (Å²) in [5.41, 5.74) is -0.640. The zero-order valence-corrected chi connectivity index (χ0v) is 16.0. The van der Waals surface area contributed by atoms with E-state index in [1.165, 1.54) is 6.07 Å². The fourth-order valence-corrected chi connectivity index (χ4v) is 3.22. The maximum absolute atomic E-state index is 13.2. The van der Waals surface area contributed by atoms with Crippen molar-refractivity contribution in [2.75, 3.05) is 6.61 Å². The van der Waals surface area contributed by atoms with Gasteiger partial charge >= 0.3 is 6.18 Å². The first kappa shape index (κ1) is 21.0. The molecule has 4 nitrogen and oxygen atoms in total. The number of halogens is 3. The summed E-state index contributed by atoms with van der Waals surface area (Å²) in [6.07, 6.45) is -1.93. The monoisotopic (exact) mass is 405 g/mol. The second-order valence-electron chi connectivity index (χ2n) is 6.82. The molecule has 0 bridgehead atoms. The van der Waals surface area contributed by atoms with Crippen molar-refractivity contribution in [1.29, 1.82) is 5.26 Å². The van der Waals surface area contributed by atoms with Gasteiger partial charge in [0.1, 0.15) is 17.6 Å². The molecule has 0 aromatic heterocycles. The van der Waals surface area contributed by atoms with E-state index in [1.54, 1.807) is 6.07 Å². The van der Waals surface area contributed by atoms with Crippen LogP contribution in [0, 0.1) is 11.3 Å². The van der Waals surface area contributed by atoms with Crippen LogP contribution in [0.3, 0.4) is 0 Å². The minimum absolute atomic E-state index is 0.0603. The van der Waals surface area contributed by atoms with Crippen molar-refractivity contribution in [3.05, 3.63) is 59.2 Å². The highest BCUT2D eigenvalue weighted by molar-refractivity contribution is 5.44. The summed E-state index contributed by atoms with van der Waals surface area (Å²) in [6.45, 7) is 2.56. The second-order valence-corrected chi connectivity index (χ2v) is 6.82. The Morgan fingerprint density at radius 3 is 2.66 bits per heavy atom. The molecule has 154 valence electrons. The minimum Gasteiger partial charge on any atom is -0.486 e. The predicted octanol–water partition coefficient (Wildman–Crippen LogP) is 6.01. The van der Waals surface area contributed by atoms with Crippen molar-refractivity contribution in [1.82, 2.24) is 0 Å². The average Bonchev–Trinajstić information content (AvgIpc) is 2.72. The Kier molecular flexibility index (Phi) is 6.65. The molecule has 1 fully saturated rings. The molecule has 2 aromatic rings. The van der Waals surface area contributed by atoms with Gasteiger partial charge < -0.3 is 14.2 Å². The number of hydrogen-bond acceptors (Lipinski definition) is 4. The Balaban J connectivity index is 1.78. The SMILES string of the molecule is CCC(Oc1ccc(C#N)c(C(F)(F)F)c1)c1cccc(OC2CCCCO2)c1. The molecule has 0 spiro atoms. The molecular weight excluding hydrogens is 383 g/mol. The van der Waals surface area contributed by atoms with Gasteiger partial charge in [-0.1, -0.05) is 19.1 Å². The minimum atomic E-state index is -4.63. The first-order valence-corrected chi connectivity index (χ1v) is 9.57. The number of benzene rings is 2. The Bertz CT molecular complexity index is 870. The van der Waals surface area contributed by atoms with Crippen LogP contribution in [0.15, 0.2) is 42.5 Å². The summed E-state index contributed by atoms with van der Waals surface area (Å²) in [4.78, 5) is 0. The molecule has 0 aliphatic carbocycles. The van der Waals surface area contributed by atoms with E-state index in [1.807, 2.05) is 31.2 Å². The van der Waals surface area contributed by atoms with E-state index < -0.39 is 23.4 Å². The Labute approximate surface area is 167 Å². The maximum Gasteiger partial charge on any atom is 0.417 e. The third-order valence-electron chi connectivity index (χ3n) is 4.70. The molecule has 1 heterocycles. The summed E-state index contributed by atoms with van der Waals surface area (Å²) in [5, 5.41) is 8.93. The number of nitriles is 1. The van der Waals surface area contributed by atoms with Gasteiger partial charge in [-0.2, -0.15) is 18.4 Å². The van der Waals surface area contributed by atoms with Crippen LogP contribution >= 0.6 is 0 Å². The molecule has 29 heavy (non-hydrogen) atoms. The molecule has 1 aliphatic heterocycles. The van der Waals surface area contributed by atoms with E-state index in [4.69, 9.17) is 19.5 Å². The summed E-state index contributed by atoms with van der Waals surface area (Å²) in [7, 11) is 0. The molecule has 0 radical (unpaired) electrons. The third kappa shape index (κ3) is 5.42. The van der Waals surface area contributed by atoms with Crippen molar-refractivity contribution in [3.8, 4) is 17.6 Å². The zero-order valence-electron chi connectivity index (χ0n) is 16.0. The quantitative estimate of drug-likeness (QED) is 0.590. The lowest BCUT2D eigenvalue weighted by Crippen LogP contribution is -2.25. The van der Waals surface area contributed by atoms with Crippen molar-refractivity contribution in [3.63, 3.8) is 0 Å². The lowest BCUT2D eigenvalue weighted by molar-refractivity contribution is -0.137. The first-order valence-electron chi connectivity index (χ1n) is 9.57. The van der Waals surface area contributed by atoms with Gasteiger partial charge in [0, 0.05) is 6.42 Å². The van der Waals surface area contributed by atoms with Crippen molar-refractivity contribution < 1.29 is 27.4 Å². The van der Waals surface area contributed by atoms with Crippen LogP contribution in [0.5, 0.6) is 11.5 Å². The van der Waals surface area contributed by atoms with Gasteiger partial charge in [0.2, 0.25) is 0 Å². The molecule has 0 saturated carbocycles. The molecule has 3 rings (SSSR count). The second kappa shape index (κ2) is 9.19. The van der Waals surface area contributed by atoms with Crippen molar-refractivity contribution >= 4 is 0 Å². The average molecular weight is 405 g/mol. The van der Waals surface area contributed by atoms with E-state index in [9.17, 15) is 13.2 Å². The standard InChI is InChI=1S/C22H22F3NO3/c1-2-20(28-18-10-9-16(14-26)19(13-18)22(23,24)25)15-6-5-7-17(12-15)29-21-8-3-4-11-27-21/h5-7,9-10,12-13,20-21H,2-4,8,11H2,1H3. The molecule has 2 atom stereocenters. The number of nitrogens with zero attached hydrogens (tertiary/aromatic N) is 1. The highest BCUT2D eigenvalue weighted by Crippen LogP contribution is 2.36. The third-order valence-corrected chi connectivity index (χ3v) is 4.70. The van der Waals surface area contributed by atoms with Gasteiger partial charge in [-0.25, -0.2) is 0 Å². The smallest absolute Gasteiger partial charge is 0.417 e. The van der Waals surface area contributed by atoms with Crippen LogP contribution in [-0.2, 0) is 10.9 Å². The van der Waals surface area contributed by atoms with E-state index in [0.717, 1.165) is 37.0 Å². The Morgan fingerprint density at radius 2 is 2.00 bits per heavy atom. The van der Waals surface area contributed by atoms with Crippen LogP contribution in [0.2, 0.25) is 0 Å². The van der Waals surface area contributed by atoms with Crippen LogP contribution in [0.4, 0.5) is 13.2 Å². The summed E-state index contributed by atoms with van der Waals surface area (Å²) >= 11 is 0. The molecule has 2 unspecified atom stereocenters. The van der Waals surface area contributed by atoms with Gasteiger partial charge in [0.05, 0.1) is 23.8 Å². The fourth-order valence-electron chi connectivity index (χ4n) is 3.22. The van der Waals surface area contributed by atoms with Crippen molar-refractivity contribution in [2.45, 2.75) is 51.2 Å². The molecule has 0 amide bonds. The van der Waals surface area contributed by atoms with Gasteiger partial charge in [-0.3, -0.25) is 0 Å². The van der Waals surface area contributed by atoms with Crippen LogP contribution in [0.25, 0.3) is 0 Å². The molecule has 7 heteroatoms. The van der Waals surface area contributed by atoms with E-state index in [0.29, 0.717) is 18.8 Å². The largest absolute Gasteiger partial charge is 0.486 e. The Morgan fingerprint density at radius 1 is 1.17 bits per heavy atom. The lowest BCUT2D eigenvalue weighted by atomic mass is 10.1. The van der Waals surface area contributed by atoms with Crippen LogP contribution in [0.1, 0.15) is 55.4 Å². The van der Waals surface area contributed by atoms with Crippen molar-refractivity contribution in [2.24, 2.45) is 0 Å². The number of rotatable bonds is 6. The number of ether oxygens (including phenoxy) is 3. The number of hydrogen-bond donors (Lipinski definition) is 0. The number of alkyl halides is 3. The zero-order chi connectivity index (χ0) is 20.9. The Hall–Kier alpha value is -2.72. The van der Waals surface area contributed by atoms with Gasteiger partial charge in [-0.05, 0) is 55.2 Å². The lowest BCUT2D eigenvalue weighted by Gasteiger charge is -2.24. The van der Waals surface area contributed by atoms with E-state index in [-0.39, 0.29) is 12.0 Å². The molecular formula is C22H22F3NO3. The van der Waals surface area contributed by atoms with Gasteiger partial charge in [0.15, 0.2) is 6.29 Å². The van der Waals surface area contributed by atoms with E-state index in [2.05, 4.69) is 0 Å². The first-order chi connectivity index (χ1) is 13.9. The molecule has 0 N–H and O–H groups in total. The highest BCUT2D eigenvalue weighted by Gasteiger charge is 2.34. The topological polar surface area (TPSA) is 51.5 Å². The summed E-state index contributed by atoms with van der Waals surface area (Å²) < 4.78 is 56.9. The molecule has 1 saturated heterocycles. The fraction of sp³-hybridized carbons (Fsp3) is 0.409. The maximum atomic E-state index is 13.2. The predicted molar refractivity (Wildman–Crippen MR) is 100 cm³/mol. The highest BCUT2D eigenvalue weighted by atomic mass is 19.4. The van der Waals surface area contributed by atoms with E-state index >= 15 is 0 Å². The van der Waals surface area contributed by atoms with Gasteiger partial charge in [0.25, 0.3) is 0 Å². The normalized spacial score (nSPS) is 18.0. The molecule has 1 aliphatic rings. The van der Waals surface area contributed by atoms with Crippen LogP contribution in [-0.4, -0.2) is 12.9 Å². The summed E-state index contributed by atoms with van der Waals surface area (Å²) in [5.74, 6) is 0.692. The molecule has 2 aromatic carbocycles. The van der Waals surface area contributed by atoms with Gasteiger partial charge in [-0.15, -0.1) is 0 Å². The van der Waals surface area contributed by atoms with Crippen LogP contribution < -0.4 is 9.47 Å².